The maximum absolute atomic E-state index is 12.4. The molecule has 2 aromatic rings. The number of carbonyl (C=O) groups excluding carboxylic acids is 2. The molecule has 12 heteroatoms. The molecule has 0 radical (unpaired) electrons. The van der Waals surface area contributed by atoms with E-state index < -0.39 is 24.1 Å². The summed E-state index contributed by atoms with van der Waals surface area (Å²) in [5, 5.41) is 32.5. The van der Waals surface area contributed by atoms with Gasteiger partial charge in [0, 0.05) is 48.1 Å². The number of allylic oxidation sites excluding steroid dienone is 1. The zero-order valence-corrected chi connectivity index (χ0v) is 33.8. The summed E-state index contributed by atoms with van der Waals surface area (Å²) in [5.74, 6) is -0.590. The smallest absolute Gasteiger partial charge is 0.335 e. The Morgan fingerprint density at radius 1 is 0.891 bits per heavy atom. The molecule has 4 aliphatic carbocycles. The van der Waals surface area contributed by atoms with Gasteiger partial charge in [-0.3, -0.25) is 9.59 Å². The van der Waals surface area contributed by atoms with Crippen LogP contribution in [0.15, 0.2) is 70.0 Å². The van der Waals surface area contributed by atoms with E-state index in [1.807, 2.05) is 11.8 Å². The summed E-state index contributed by atoms with van der Waals surface area (Å²) < 4.78 is 5.50. The molecule has 0 saturated heterocycles. The standard InChI is InChI=1S/C21H30O3.C18H22N2S.C4H6O6/c1-13(22)24-15-8-10-20(2)14(12-15)4-5-16-17-6-7-19(23)21(17,3)11-9-18(16)20;1-14(12-19(2)3)13-20-15-8-4-6-10-17(15)21-18-11-7-5-9-16(18)20;5-1(3(7)8)2(6)4(9)10/h4,15-18H,5-12H2,1-3H3;4-11,14H,12-13H2,1-3H3;1-2,5-6H,(H,7,8)(H,9,10). The minimum Gasteiger partial charge on any atom is -0.479 e. The Morgan fingerprint density at radius 2 is 1.44 bits per heavy atom. The number of anilines is 2. The molecule has 0 bridgehead atoms. The number of aliphatic hydroxyl groups is 2. The SMILES string of the molecule is CC(=O)OC1CCC2(C)C(=CCC3C4CCC(=O)C4(C)CCC32)C1.CC(CN(C)C)CN1c2ccccc2Sc2ccccc21.O=C(O)C(O)C(O)C(=O)O. The van der Waals surface area contributed by atoms with Crippen molar-refractivity contribution in [1.82, 2.24) is 4.90 Å². The van der Waals surface area contributed by atoms with Crippen molar-refractivity contribution < 1.29 is 44.3 Å². The van der Waals surface area contributed by atoms with Crippen molar-refractivity contribution in [2.75, 3.05) is 32.1 Å². The Hall–Kier alpha value is -3.71. The van der Waals surface area contributed by atoms with E-state index in [2.05, 4.69) is 99.3 Å². The molecule has 55 heavy (non-hydrogen) atoms. The molecule has 300 valence electrons. The zero-order valence-electron chi connectivity index (χ0n) is 32.9. The van der Waals surface area contributed by atoms with Crippen LogP contribution in [0.1, 0.15) is 79.1 Å². The Morgan fingerprint density at radius 3 is 1.98 bits per heavy atom. The first kappa shape index (κ1) is 42.4. The van der Waals surface area contributed by atoms with E-state index >= 15 is 0 Å². The molecule has 4 N–H and O–H groups in total. The van der Waals surface area contributed by atoms with Gasteiger partial charge in [0.15, 0.2) is 12.2 Å². The van der Waals surface area contributed by atoms with Gasteiger partial charge in [-0.05, 0) is 106 Å². The number of rotatable bonds is 8. The monoisotopic (exact) mass is 778 g/mol. The summed E-state index contributed by atoms with van der Waals surface area (Å²) in [6, 6.07) is 17.4. The molecular weight excluding hydrogens is 721 g/mol. The highest BCUT2D eigenvalue weighted by atomic mass is 32.2. The third kappa shape index (κ3) is 9.30. The fourth-order valence-electron chi connectivity index (χ4n) is 9.97. The van der Waals surface area contributed by atoms with E-state index in [1.54, 1.807) is 0 Å². The van der Waals surface area contributed by atoms with Crippen LogP contribution in [0.4, 0.5) is 11.4 Å². The normalized spacial score (nSPS) is 29.1. The van der Waals surface area contributed by atoms with Crippen molar-refractivity contribution in [3.8, 4) is 0 Å². The van der Waals surface area contributed by atoms with Crippen LogP contribution in [0.2, 0.25) is 0 Å². The van der Waals surface area contributed by atoms with E-state index in [-0.39, 0.29) is 22.9 Å². The van der Waals surface area contributed by atoms with Gasteiger partial charge in [-0.1, -0.05) is 68.4 Å². The van der Waals surface area contributed by atoms with Crippen molar-refractivity contribution >= 4 is 46.8 Å². The minimum absolute atomic E-state index is 0.0438. The average molecular weight is 779 g/mol. The highest BCUT2D eigenvalue weighted by molar-refractivity contribution is 7.99. The number of para-hydroxylation sites is 2. The Labute approximate surface area is 329 Å². The Bertz CT molecular complexity index is 1700. The van der Waals surface area contributed by atoms with Gasteiger partial charge in [0.1, 0.15) is 11.9 Å². The molecule has 2 aromatic carbocycles. The zero-order chi connectivity index (χ0) is 40.2. The molecule has 0 aromatic heterocycles. The number of fused-ring (bicyclic) bond motifs is 7. The van der Waals surface area contributed by atoms with Crippen molar-refractivity contribution in [2.24, 2.45) is 34.5 Å². The molecule has 3 saturated carbocycles. The number of carboxylic acids is 2. The second-order valence-corrected chi connectivity index (χ2v) is 17.8. The van der Waals surface area contributed by atoms with Crippen molar-refractivity contribution in [1.29, 1.82) is 0 Å². The highest BCUT2D eigenvalue weighted by Crippen LogP contribution is 2.64. The van der Waals surface area contributed by atoms with Gasteiger partial charge in [-0.2, -0.15) is 0 Å². The number of hydrogen-bond acceptors (Lipinski definition) is 10. The number of benzene rings is 2. The van der Waals surface area contributed by atoms with Gasteiger partial charge in [0.2, 0.25) is 0 Å². The van der Waals surface area contributed by atoms with Gasteiger partial charge in [-0.15, -0.1) is 0 Å². The molecule has 3 fully saturated rings. The number of carboxylic acid groups (broad SMARTS) is 2. The van der Waals surface area contributed by atoms with Crippen LogP contribution in [-0.4, -0.2) is 94.5 Å². The molecule has 5 aliphatic rings. The van der Waals surface area contributed by atoms with Crippen molar-refractivity contribution in [2.45, 2.75) is 107 Å². The lowest BCUT2D eigenvalue weighted by molar-refractivity contribution is -0.165. The lowest BCUT2D eigenvalue weighted by Crippen LogP contribution is -2.50. The highest BCUT2D eigenvalue weighted by Gasteiger charge is 2.58. The number of nitrogens with zero attached hydrogens (tertiary/aromatic N) is 2. The summed E-state index contributed by atoms with van der Waals surface area (Å²) >= 11 is 1.88. The lowest BCUT2D eigenvalue weighted by Gasteiger charge is -2.56. The lowest BCUT2D eigenvalue weighted by atomic mass is 9.48. The van der Waals surface area contributed by atoms with E-state index in [0.717, 1.165) is 58.0 Å². The first-order valence-electron chi connectivity index (χ1n) is 19.5. The summed E-state index contributed by atoms with van der Waals surface area (Å²) in [5.41, 5.74) is 4.41. The number of Topliss-reactive ketones (excluding diaryl/α,β-unsaturated/α-hetero) is 1. The summed E-state index contributed by atoms with van der Waals surface area (Å²) in [6.45, 7) is 10.7. The van der Waals surface area contributed by atoms with Crippen LogP contribution in [0, 0.1) is 34.5 Å². The van der Waals surface area contributed by atoms with E-state index in [0.29, 0.717) is 29.5 Å². The largest absolute Gasteiger partial charge is 0.479 e. The third-order valence-corrected chi connectivity index (χ3v) is 13.7. The predicted molar refractivity (Wildman–Crippen MR) is 211 cm³/mol. The molecule has 1 heterocycles. The fraction of sp³-hybridized carbons (Fsp3) is 0.581. The van der Waals surface area contributed by atoms with E-state index in [4.69, 9.17) is 25.2 Å². The third-order valence-electron chi connectivity index (χ3n) is 12.6. The Balaban J connectivity index is 0.000000172. The van der Waals surface area contributed by atoms with Crippen LogP contribution < -0.4 is 4.90 Å². The molecule has 0 amide bonds. The topological polar surface area (TPSA) is 165 Å². The predicted octanol–water partition coefficient (Wildman–Crippen LogP) is 6.81. The van der Waals surface area contributed by atoms with Crippen LogP contribution in [0.3, 0.4) is 0 Å². The molecule has 7 rings (SSSR count). The summed E-state index contributed by atoms with van der Waals surface area (Å²) in [6.07, 6.45) is 6.30. The second-order valence-electron chi connectivity index (χ2n) is 16.7. The maximum atomic E-state index is 12.4. The first-order valence-corrected chi connectivity index (χ1v) is 20.3. The number of aliphatic hydroxyl groups excluding tert-OH is 2. The summed E-state index contributed by atoms with van der Waals surface area (Å²) in [4.78, 5) is 50.7. The Kier molecular flexibility index (Phi) is 13.6. The minimum atomic E-state index is -2.27. The van der Waals surface area contributed by atoms with E-state index in [9.17, 15) is 19.2 Å². The summed E-state index contributed by atoms with van der Waals surface area (Å²) in [7, 11) is 4.29. The molecule has 11 nitrogen and oxygen atoms in total. The number of ether oxygens (including phenoxy) is 1. The molecule has 1 aliphatic heterocycles. The number of hydrogen-bond donors (Lipinski definition) is 4. The quantitative estimate of drug-likeness (QED) is 0.164. The van der Waals surface area contributed by atoms with Gasteiger partial charge >= 0.3 is 17.9 Å². The number of esters is 1. The number of ketones is 1. The second kappa shape index (κ2) is 17.6. The number of aliphatic carboxylic acids is 2. The van der Waals surface area contributed by atoms with Gasteiger partial charge in [0.05, 0.1) is 11.4 Å². The van der Waals surface area contributed by atoms with Gasteiger partial charge in [0.25, 0.3) is 0 Å². The van der Waals surface area contributed by atoms with Crippen LogP contribution in [0.5, 0.6) is 0 Å². The molecule has 9 unspecified atom stereocenters. The first-order chi connectivity index (χ1) is 26.0. The van der Waals surface area contributed by atoms with Gasteiger partial charge in [-0.25, -0.2) is 9.59 Å². The van der Waals surface area contributed by atoms with Crippen LogP contribution >= 0.6 is 11.8 Å². The number of carbonyl (C=O) groups is 4. The van der Waals surface area contributed by atoms with Gasteiger partial charge < -0.3 is 35.0 Å². The fourth-order valence-corrected chi connectivity index (χ4v) is 11.1. The molecule has 9 atom stereocenters. The maximum Gasteiger partial charge on any atom is 0.335 e. The molecule has 0 spiro atoms. The molecular formula is C43H58N2O9S. The average Bonchev–Trinajstić information content (AvgIpc) is 3.44. The van der Waals surface area contributed by atoms with Crippen molar-refractivity contribution in [3.05, 3.63) is 60.2 Å². The van der Waals surface area contributed by atoms with E-state index in [1.165, 1.54) is 40.1 Å². The van der Waals surface area contributed by atoms with Crippen molar-refractivity contribution in [3.63, 3.8) is 0 Å². The van der Waals surface area contributed by atoms with Crippen LogP contribution in [0.25, 0.3) is 0 Å². The van der Waals surface area contributed by atoms with Crippen LogP contribution in [-0.2, 0) is 23.9 Å².